The molecule has 0 aliphatic carbocycles. The van der Waals surface area contributed by atoms with Crippen molar-refractivity contribution in [1.82, 2.24) is 0 Å². The first-order chi connectivity index (χ1) is 12.7. The minimum Gasteiger partial charge on any atom is -0.449 e. The molecule has 0 aliphatic rings. The molecule has 0 aromatic heterocycles. The van der Waals surface area contributed by atoms with Crippen LogP contribution in [0.5, 0.6) is 0 Å². The van der Waals surface area contributed by atoms with Gasteiger partial charge in [-0.05, 0) is 37.3 Å². The van der Waals surface area contributed by atoms with Gasteiger partial charge < -0.3 is 15.4 Å². The second kappa shape index (κ2) is 8.45. The summed E-state index contributed by atoms with van der Waals surface area (Å²) in [5.41, 5.74) is -0.313. The molecule has 0 heterocycles. The number of ether oxygens (including phenoxy) is 1. The van der Waals surface area contributed by atoms with Crippen molar-refractivity contribution in [2.75, 3.05) is 17.7 Å². The Morgan fingerprint density at radius 1 is 1.22 bits per heavy atom. The van der Waals surface area contributed by atoms with Gasteiger partial charge in [0.1, 0.15) is 11.5 Å². The molecular weight excluding hydrogens is 381 g/mol. The number of halogens is 2. The average molecular weight is 396 g/mol. The average Bonchev–Trinajstić information content (AvgIpc) is 2.63. The second-order valence-electron chi connectivity index (χ2n) is 5.40. The molecule has 10 heteroatoms. The molecule has 2 aromatic carbocycles. The minimum atomic E-state index is -1.27. The largest absolute Gasteiger partial charge is 0.449 e. The third kappa shape index (κ3) is 4.91. The summed E-state index contributed by atoms with van der Waals surface area (Å²) in [5.74, 6) is -2.45. The van der Waals surface area contributed by atoms with E-state index in [4.69, 9.17) is 16.3 Å². The van der Waals surface area contributed by atoms with Crippen molar-refractivity contribution in [2.24, 2.45) is 0 Å². The zero-order chi connectivity index (χ0) is 20.1. The van der Waals surface area contributed by atoms with E-state index in [1.165, 1.54) is 38.2 Å². The van der Waals surface area contributed by atoms with Gasteiger partial charge in [0, 0.05) is 18.1 Å². The van der Waals surface area contributed by atoms with Crippen molar-refractivity contribution < 1.29 is 23.6 Å². The molecule has 2 N–H and O–H groups in total. The van der Waals surface area contributed by atoms with Gasteiger partial charge in [-0.1, -0.05) is 11.6 Å². The number of nitro benzene ring substituents is 1. The molecule has 0 aliphatic heterocycles. The fraction of sp³-hybridized carbons (Fsp3) is 0.176. The number of carbonyl (C=O) groups is 2. The standard InChI is InChI=1S/C17H15ClFN3O5/c1-9(16(23)21-13-6-4-11(18)8-12(13)19)27-17(24)10-3-5-14(20-2)15(7-10)22(25)26/h3-9,20H,1-2H3,(H,21,23)/t9-/m0/s1. The summed E-state index contributed by atoms with van der Waals surface area (Å²) < 4.78 is 18.7. The Bertz CT molecular complexity index is 906. The Labute approximate surface area is 158 Å². The summed E-state index contributed by atoms with van der Waals surface area (Å²) in [6.07, 6.45) is -1.27. The van der Waals surface area contributed by atoms with Crippen molar-refractivity contribution in [3.8, 4) is 0 Å². The third-order valence-electron chi connectivity index (χ3n) is 3.54. The van der Waals surface area contributed by atoms with Crippen molar-refractivity contribution in [3.05, 3.63) is 62.9 Å². The summed E-state index contributed by atoms with van der Waals surface area (Å²) >= 11 is 5.63. The summed E-state index contributed by atoms with van der Waals surface area (Å²) in [4.78, 5) is 34.6. The van der Waals surface area contributed by atoms with E-state index in [0.29, 0.717) is 0 Å². The van der Waals surface area contributed by atoms with E-state index in [-0.39, 0.29) is 27.6 Å². The molecule has 8 nitrogen and oxygen atoms in total. The van der Waals surface area contributed by atoms with Gasteiger partial charge >= 0.3 is 5.97 Å². The van der Waals surface area contributed by atoms with E-state index in [1.54, 1.807) is 0 Å². The number of nitro groups is 1. The second-order valence-corrected chi connectivity index (χ2v) is 5.84. The first kappa shape index (κ1) is 20.1. The van der Waals surface area contributed by atoms with E-state index >= 15 is 0 Å². The molecule has 1 atom stereocenters. The third-order valence-corrected chi connectivity index (χ3v) is 3.78. The number of benzene rings is 2. The molecule has 0 spiro atoms. The lowest BCUT2D eigenvalue weighted by Crippen LogP contribution is -2.30. The number of rotatable bonds is 6. The van der Waals surface area contributed by atoms with E-state index in [0.717, 1.165) is 12.1 Å². The van der Waals surface area contributed by atoms with Crippen molar-refractivity contribution in [2.45, 2.75) is 13.0 Å². The molecule has 0 fully saturated rings. The Hall–Kier alpha value is -3.20. The topological polar surface area (TPSA) is 111 Å². The maximum atomic E-state index is 13.7. The van der Waals surface area contributed by atoms with Crippen LogP contribution in [-0.2, 0) is 9.53 Å². The molecule has 0 saturated carbocycles. The highest BCUT2D eigenvalue weighted by Gasteiger charge is 2.22. The van der Waals surface area contributed by atoms with Crippen LogP contribution in [0.15, 0.2) is 36.4 Å². The number of amides is 1. The van der Waals surface area contributed by atoms with Gasteiger partial charge in [0.2, 0.25) is 0 Å². The van der Waals surface area contributed by atoms with E-state index in [1.807, 2.05) is 0 Å². The number of hydrogen-bond acceptors (Lipinski definition) is 6. The van der Waals surface area contributed by atoms with Gasteiger partial charge in [-0.15, -0.1) is 0 Å². The van der Waals surface area contributed by atoms with Gasteiger partial charge in [0.05, 0.1) is 16.2 Å². The quantitative estimate of drug-likeness (QED) is 0.439. The van der Waals surface area contributed by atoms with Crippen LogP contribution in [0.1, 0.15) is 17.3 Å². The number of carbonyl (C=O) groups excluding carboxylic acids is 2. The molecule has 0 saturated heterocycles. The summed E-state index contributed by atoms with van der Waals surface area (Å²) in [7, 11) is 1.50. The number of hydrogen-bond donors (Lipinski definition) is 2. The van der Waals surface area contributed by atoms with Crippen molar-refractivity contribution in [3.63, 3.8) is 0 Å². The highest BCUT2D eigenvalue weighted by atomic mass is 35.5. The Kier molecular flexibility index (Phi) is 6.30. The number of anilines is 2. The Balaban J connectivity index is 2.09. The zero-order valence-electron chi connectivity index (χ0n) is 14.3. The van der Waals surface area contributed by atoms with E-state index in [2.05, 4.69) is 10.6 Å². The van der Waals surface area contributed by atoms with Gasteiger partial charge in [0.25, 0.3) is 11.6 Å². The minimum absolute atomic E-state index is 0.0991. The van der Waals surface area contributed by atoms with Crippen LogP contribution in [0.25, 0.3) is 0 Å². The van der Waals surface area contributed by atoms with Crippen molar-refractivity contribution in [1.29, 1.82) is 0 Å². The first-order valence-corrected chi connectivity index (χ1v) is 8.03. The number of nitrogens with one attached hydrogen (secondary N) is 2. The first-order valence-electron chi connectivity index (χ1n) is 7.66. The van der Waals surface area contributed by atoms with Crippen LogP contribution in [0.4, 0.5) is 21.5 Å². The van der Waals surface area contributed by atoms with Crippen LogP contribution >= 0.6 is 11.6 Å². The fourth-order valence-corrected chi connectivity index (χ4v) is 2.29. The highest BCUT2D eigenvalue weighted by molar-refractivity contribution is 6.30. The molecule has 142 valence electrons. The zero-order valence-corrected chi connectivity index (χ0v) is 15.0. The Morgan fingerprint density at radius 2 is 1.89 bits per heavy atom. The SMILES string of the molecule is CNc1ccc(C(=O)O[C@@H](C)C(=O)Nc2ccc(Cl)cc2F)cc1[N+](=O)[O-]. The molecule has 0 unspecified atom stereocenters. The lowest BCUT2D eigenvalue weighted by Gasteiger charge is -2.14. The molecule has 1 amide bonds. The molecule has 2 aromatic rings. The van der Waals surface area contributed by atoms with E-state index < -0.39 is 28.7 Å². The molecular formula is C17H15ClFN3O5. The van der Waals surface area contributed by atoms with E-state index in [9.17, 15) is 24.1 Å². The van der Waals surface area contributed by atoms with Gasteiger partial charge in [-0.3, -0.25) is 14.9 Å². The molecule has 2 rings (SSSR count). The predicted molar refractivity (Wildman–Crippen MR) is 97.6 cm³/mol. The maximum absolute atomic E-state index is 13.7. The van der Waals surface area contributed by atoms with Crippen LogP contribution in [0.2, 0.25) is 5.02 Å². The summed E-state index contributed by atoms with van der Waals surface area (Å²) in [6, 6.07) is 7.39. The maximum Gasteiger partial charge on any atom is 0.339 e. The molecule has 0 radical (unpaired) electrons. The predicted octanol–water partition coefficient (Wildman–Crippen LogP) is 3.61. The molecule has 0 bridgehead atoms. The van der Waals surface area contributed by atoms with Gasteiger partial charge in [0.15, 0.2) is 6.10 Å². The number of nitrogens with zero attached hydrogens (tertiary/aromatic N) is 1. The summed E-state index contributed by atoms with van der Waals surface area (Å²) in [6.45, 7) is 1.29. The Morgan fingerprint density at radius 3 is 2.48 bits per heavy atom. The number of esters is 1. The normalized spacial score (nSPS) is 11.4. The lowest BCUT2D eigenvalue weighted by molar-refractivity contribution is -0.384. The van der Waals surface area contributed by atoms with Crippen LogP contribution in [0.3, 0.4) is 0 Å². The monoisotopic (exact) mass is 395 g/mol. The lowest BCUT2D eigenvalue weighted by atomic mass is 10.1. The fourth-order valence-electron chi connectivity index (χ4n) is 2.13. The van der Waals surface area contributed by atoms with Crippen LogP contribution < -0.4 is 10.6 Å². The van der Waals surface area contributed by atoms with Crippen LogP contribution in [0, 0.1) is 15.9 Å². The smallest absolute Gasteiger partial charge is 0.339 e. The molecule has 27 heavy (non-hydrogen) atoms. The van der Waals surface area contributed by atoms with Crippen LogP contribution in [-0.4, -0.2) is 30.0 Å². The van der Waals surface area contributed by atoms with Gasteiger partial charge in [-0.25, -0.2) is 9.18 Å². The highest BCUT2D eigenvalue weighted by Crippen LogP contribution is 2.25. The van der Waals surface area contributed by atoms with Gasteiger partial charge in [-0.2, -0.15) is 0 Å². The van der Waals surface area contributed by atoms with Crippen molar-refractivity contribution >= 4 is 40.5 Å². The summed E-state index contributed by atoms with van der Waals surface area (Å²) in [5, 5.41) is 16.1.